The first kappa shape index (κ1) is 21.0. The van der Waals surface area contributed by atoms with Crippen molar-refractivity contribution in [3.63, 3.8) is 0 Å². The van der Waals surface area contributed by atoms with E-state index in [1.807, 2.05) is 30.5 Å². The lowest BCUT2D eigenvalue weighted by molar-refractivity contribution is 0.655. The zero-order chi connectivity index (χ0) is 24.1. The average molecular weight is 481 g/mol. The van der Waals surface area contributed by atoms with Crippen molar-refractivity contribution in [2.24, 2.45) is 0 Å². The Balaban J connectivity index is 1.23. The number of hydrogen-bond acceptors (Lipinski definition) is 3. The quantitative estimate of drug-likeness (QED) is 0.240. The Morgan fingerprint density at radius 2 is 1.28 bits per heavy atom. The Morgan fingerprint density at radius 3 is 2.03 bits per heavy atom. The molecule has 0 fully saturated rings. The second-order valence-electron chi connectivity index (χ2n) is 8.97. The first-order valence-electron chi connectivity index (χ1n) is 11.9. The highest BCUT2D eigenvalue weighted by Gasteiger charge is 2.13. The molecule has 1 unspecified atom stereocenters. The minimum Gasteiger partial charge on any atom is -0.437 e. The van der Waals surface area contributed by atoms with Crippen LogP contribution in [0.5, 0.6) is 0 Å². The molecule has 4 aromatic carbocycles. The first-order chi connectivity index (χ1) is 17.7. The molecule has 0 saturated carbocycles. The molecule has 0 amide bonds. The third-order valence-electron chi connectivity index (χ3n) is 6.73. The van der Waals surface area contributed by atoms with Crippen molar-refractivity contribution in [3.8, 4) is 33.5 Å². The summed E-state index contributed by atoms with van der Waals surface area (Å²) in [6.07, 6.45) is 3.69. The highest BCUT2D eigenvalue weighted by atomic mass is 31.0. The summed E-state index contributed by atoms with van der Waals surface area (Å²) in [7, 11) is 2.74. The molecule has 0 aliphatic heterocycles. The smallest absolute Gasteiger partial charge is 0.227 e. The predicted molar refractivity (Wildman–Crippen MR) is 152 cm³/mol. The van der Waals surface area contributed by atoms with Gasteiger partial charge >= 0.3 is 0 Å². The summed E-state index contributed by atoms with van der Waals surface area (Å²) >= 11 is 0. The molecule has 170 valence electrons. The summed E-state index contributed by atoms with van der Waals surface area (Å²) in [5, 5.41) is 5.70. The minimum absolute atomic E-state index is 0.650. The first-order valence-corrected chi connectivity index (χ1v) is 12.4. The van der Waals surface area contributed by atoms with Gasteiger partial charge in [0.2, 0.25) is 5.71 Å². The van der Waals surface area contributed by atoms with Crippen LogP contribution in [0.1, 0.15) is 0 Å². The topological polar surface area (TPSA) is 38.9 Å². The Hall–Kier alpha value is -4.33. The highest BCUT2D eigenvalue weighted by Crippen LogP contribution is 2.35. The van der Waals surface area contributed by atoms with E-state index < -0.39 is 0 Å². The molecule has 7 rings (SSSR count). The summed E-state index contributed by atoms with van der Waals surface area (Å²) in [5.74, 6) is 0. The summed E-state index contributed by atoms with van der Waals surface area (Å²) in [5.41, 5.74) is 8.00. The zero-order valence-corrected chi connectivity index (χ0v) is 20.5. The summed E-state index contributed by atoms with van der Waals surface area (Å²) in [6.45, 7) is 0. The third kappa shape index (κ3) is 3.57. The van der Waals surface area contributed by atoms with Crippen LogP contribution in [0.2, 0.25) is 0 Å². The molecule has 0 saturated heterocycles. The number of nitrogens with zero attached hydrogens (tertiary/aromatic N) is 2. The van der Waals surface area contributed by atoms with E-state index >= 15 is 0 Å². The van der Waals surface area contributed by atoms with Crippen LogP contribution >= 0.6 is 9.24 Å². The Bertz CT molecular complexity index is 1890. The maximum atomic E-state index is 6.10. The van der Waals surface area contributed by atoms with Gasteiger partial charge in [-0.2, -0.15) is 0 Å². The molecule has 0 spiro atoms. The van der Waals surface area contributed by atoms with E-state index in [1.165, 1.54) is 27.2 Å². The lowest BCUT2D eigenvalue weighted by Crippen LogP contribution is -1.88. The molecule has 7 aromatic rings. The van der Waals surface area contributed by atoms with Gasteiger partial charge in [0.05, 0.1) is 5.69 Å². The number of para-hydroxylation sites is 1. The molecular weight excluding hydrogens is 459 g/mol. The van der Waals surface area contributed by atoms with Crippen LogP contribution in [0.25, 0.3) is 66.4 Å². The van der Waals surface area contributed by atoms with E-state index in [0.29, 0.717) is 5.71 Å². The molecule has 1 atom stereocenters. The fraction of sp³-hybridized carbons (Fsp3) is 0. The number of hydrogen-bond donors (Lipinski definition) is 0. The number of pyridine rings is 2. The number of rotatable bonds is 3. The Morgan fingerprint density at radius 1 is 0.583 bits per heavy atom. The van der Waals surface area contributed by atoms with Crippen molar-refractivity contribution in [3.05, 3.63) is 116 Å². The average Bonchev–Trinajstić information content (AvgIpc) is 3.32. The van der Waals surface area contributed by atoms with Crippen molar-refractivity contribution < 1.29 is 4.42 Å². The standard InChI is InChI=1S/C32H21N2OP/c36-26-13-10-20(11-14-26)21-6-7-23-18-24(9-8-22(23)17-21)25-12-15-30(34-19-25)29-4-1-3-27-28-5-2-16-33-32(28)35-31(27)29/h1-19H,36H2. The molecule has 3 aromatic heterocycles. The number of benzene rings is 4. The fourth-order valence-corrected chi connectivity index (χ4v) is 5.03. The van der Waals surface area contributed by atoms with Crippen LogP contribution in [0.15, 0.2) is 120 Å². The third-order valence-corrected chi connectivity index (χ3v) is 7.12. The van der Waals surface area contributed by atoms with E-state index in [0.717, 1.165) is 38.7 Å². The maximum Gasteiger partial charge on any atom is 0.227 e. The fourth-order valence-electron chi connectivity index (χ4n) is 4.84. The van der Waals surface area contributed by atoms with Gasteiger partial charge in [0, 0.05) is 34.3 Å². The predicted octanol–water partition coefficient (Wildman–Crippen LogP) is 8.03. The van der Waals surface area contributed by atoms with E-state index in [2.05, 4.69) is 93.1 Å². The van der Waals surface area contributed by atoms with Crippen molar-refractivity contribution >= 4 is 47.4 Å². The molecular formula is C32H21N2OP. The van der Waals surface area contributed by atoms with Gasteiger partial charge in [-0.15, -0.1) is 9.24 Å². The molecule has 0 radical (unpaired) electrons. The van der Waals surface area contributed by atoms with Crippen molar-refractivity contribution in [2.75, 3.05) is 0 Å². The van der Waals surface area contributed by atoms with Crippen LogP contribution in [0.3, 0.4) is 0 Å². The van der Waals surface area contributed by atoms with Crippen LogP contribution in [0, 0.1) is 0 Å². The maximum absolute atomic E-state index is 6.10. The second kappa shape index (κ2) is 8.41. The van der Waals surface area contributed by atoms with Gasteiger partial charge in [-0.3, -0.25) is 4.98 Å². The molecule has 0 bridgehead atoms. The molecule has 3 heterocycles. The number of aromatic nitrogens is 2. The Labute approximate surface area is 210 Å². The van der Waals surface area contributed by atoms with Crippen LogP contribution < -0.4 is 5.30 Å². The number of fused-ring (bicyclic) bond motifs is 4. The summed E-state index contributed by atoms with van der Waals surface area (Å²) < 4.78 is 6.10. The monoisotopic (exact) mass is 480 g/mol. The van der Waals surface area contributed by atoms with Gasteiger partial charge < -0.3 is 4.42 Å². The van der Waals surface area contributed by atoms with Crippen LogP contribution in [0.4, 0.5) is 0 Å². The van der Waals surface area contributed by atoms with Crippen molar-refractivity contribution in [1.82, 2.24) is 9.97 Å². The van der Waals surface area contributed by atoms with Crippen LogP contribution in [-0.2, 0) is 0 Å². The number of furan rings is 1. The van der Waals surface area contributed by atoms with E-state index in [1.54, 1.807) is 6.20 Å². The van der Waals surface area contributed by atoms with Crippen molar-refractivity contribution in [1.29, 1.82) is 0 Å². The minimum atomic E-state index is 0.650. The molecule has 0 N–H and O–H groups in total. The molecule has 3 nitrogen and oxygen atoms in total. The molecule has 0 aliphatic carbocycles. The van der Waals surface area contributed by atoms with Gasteiger partial charge in [-0.1, -0.05) is 66.7 Å². The SMILES string of the molecule is Pc1ccc(-c2ccc3cc(-c4ccc(-c5cccc6c5oc5ncccc56)nc4)ccc3c2)cc1. The zero-order valence-electron chi connectivity index (χ0n) is 19.3. The van der Waals surface area contributed by atoms with E-state index in [4.69, 9.17) is 9.40 Å². The molecule has 36 heavy (non-hydrogen) atoms. The van der Waals surface area contributed by atoms with Gasteiger partial charge in [0.1, 0.15) is 5.58 Å². The van der Waals surface area contributed by atoms with Crippen LogP contribution in [-0.4, -0.2) is 9.97 Å². The lowest BCUT2D eigenvalue weighted by Gasteiger charge is -2.08. The van der Waals surface area contributed by atoms with Gasteiger partial charge in [-0.05, 0) is 69.2 Å². The van der Waals surface area contributed by atoms with Gasteiger partial charge in [0.15, 0.2) is 0 Å². The van der Waals surface area contributed by atoms with Crippen molar-refractivity contribution in [2.45, 2.75) is 0 Å². The van der Waals surface area contributed by atoms with Gasteiger partial charge in [0.25, 0.3) is 0 Å². The normalized spacial score (nSPS) is 11.5. The largest absolute Gasteiger partial charge is 0.437 e. The van der Waals surface area contributed by atoms with Gasteiger partial charge in [-0.25, -0.2) is 4.98 Å². The summed E-state index contributed by atoms with van der Waals surface area (Å²) in [4.78, 5) is 9.17. The van der Waals surface area contributed by atoms with E-state index in [9.17, 15) is 0 Å². The lowest BCUT2D eigenvalue weighted by atomic mass is 9.98. The van der Waals surface area contributed by atoms with E-state index in [-0.39, 0.29) is 0 Å². The summed E-state index contributed by atoms with van der Waals surface area (Å²) in [6, 6.07) is 36.1. The molecule has 4 heteroatoms. The highest BCUT2D eigenvalue weighted by molar-refractivity contribution is 7.27. The Kier molecular flexibility index (Phi) is 4.90. The second-order valence-corrected chi connectivity index (χ2v) is 9.64. The molecule has 0 aliphatic rings.